The van der Waals surface area contributed by atoms with Crippen LogP contribution >= 0.6 is 11.6 Å². The Morgan fingerprint density at radius 1 is 1.21 bits per heavy atom. The summed E-state index contributed by atoms with van der Waals surface area (Å²) in [5, 5.41) is 2.07. The van der Waals surface area contributed by atoms with Gasteiger partial charge < -0.3 is 19.5 Å². The molecule has 0 aliphatic rings. The zero-order valence-electron chi connectivity index (χ0n) is 15.2. The van der Waals surface area contributed by atoms with E-state index in [0.29, 0.717) is 11.9 Å². The molecule has 11 heteroatoms. The molecule has 1 atom stereocenters. The first kappa shape index (κ1) is 22.3. The molecule has 1 heterocycles. The Morgan fingerprint density at radius 3 is 2.38 bits per heavy atom. The van der Waals surface area contributed by atoms with Gasteiger partial charge in [-0.15, -0.1) is 0 Å². The van der Waals surface area contributed by atoms with Gasteiger partial charge in [0.15, 0.2) is 12.8 Å². The van der Waals surface area contributed by atoms with Gasteiger partial charge in [-0.25, -0.2) is 4.98 Å². The maximum absolute atomic E-state index is 12.6. The Morgan fingerprint density at radius 2 is 1.83 bits per heavy atom. The number of carbonyl (C=O) groups is 2. The number of halogens is 4. The number of ether oxygens (including phenoxy) is 3. The molecule has 1 aromatic carbocycles. The number of alkyl halides is 3. The molecule has 7 nitrogen and oxygen atoms in total. The van der Waals surface area contributed by atoms with Crippen LogP contribution in [0.15, 0.2) is 36.5 Å². The first-order valence-corrected chi connectivity index (χ1v) is 8.52. The largest absolute Gasteiger partial charge is 0.481 e. The zero-order chi connectivity index (χ0) is 21.6. The Labute approximate surface area is 168 Å². The van der Waals surface area contributed by atoms with E-state index in [1.54, 1.807) is 0 Å². The van der Waals surface area contributed by atoms with Crippen LogP contribution in [0.25, 0.3) is 0 Å². The number of pyridine rings is 1. The van der Waals surface area contributed by atoms with Crippen molar-refractivity contribution >= 4 is 23.5 Å². The quantitative estimate of drug-likeness (QED) is 0.526. The van der Waals surface area contributed by atoms with E-state index in [9.17, 15) is 22.8 Å². The van der Waals surface area contributed by atoms with Gasteiger partial charge in [-0.3, -0.25) is 9.59 Å². The molecule has 29 heavy (non-hydrogen) atoms. The van der Waals surface area contributed by atoms with Crippen molar-refractivity contribution in [1.82, 2.24) is 10.3 Å². The number of carbonyl (C=O) groups excluding carboxylic acids is 2. The van der Waals surface area contributed by atoms with E-state index >= 15 is 0 Å². The number of rotatable bonds is 7. The number of benzene rings is 1. The summed E-state index contributed by atoms with van der Waals surface area (Å²) in [5.74, 6) is -0.631. The summed E-state index contributed by atoms with van der Waals surface area (Å²) < 4.78 is 53.3. The molecule has 156 valence electrons. The van der Waals surface area contributed by atoms with Crippen LogP contribution < -0.4 is 14.8 Å². The molecule has 1 amide bonds. The van der Waals surface area contributed by atoms with Crippen molar-refractivity contribution in [1.29, 1.82) is 0 Å². The maximum Gasteiger partial charge on any atom is 0.417 e. The average Bonchev–Trinajstić information content (AvgIpc) is 2.63. The third kappa shape index (κ3) is 6.83. The molecule has 0 fully saturated rings. The summed E-state index contributed by atoms with van der Waals surface area (Å²) in [7, 11) is 0. The summed E-state index contributed by atoms with van der Waals surface area (Å²) in [6.07, 6.45) is -4.81. The summed E-state index contributed by atoms with van der Waals surface area (Å²) in [5.41, 5.74) is -0.987. The second-order valence-electron chi connectivity index (χ2n) is 5.66. The summed E-state index contributed by atoms with van der Waals surface area (Å²) in [6, 6.07) is 6.63. The lowest BCUT2D eigenvalue weighted by atomic mass is 10.3. The molecule has 0 bridgehead atoms. The van der Waals surface area contributed by atoms with Crippen LogP contribution in [-0.2, 0) is 20.5 Å². The molecule has 1 N–H and O–H groups in total. The summed E-state index contributed by atoms with van der Waals surface area (Å²) in [4.78, 5) is 26.0. The molecule has 0 aliphatic carbocycles. The standard InChI is InChI=1S/C18H16ClF3N2O5/c1-10(16(26)24-9-27-11(2)25)28-13-3-5-14(6-4-13)29-17-15(19)7-12(8-23-17)18(20,21)22/h3-8,10H,9H2,1-2H3,(H,24,26). The molecule has 0 aliphatic heterocycles. The third-order valence-electron chi connectivity index (χ3n) is 3.38. The van der Waals surface area contributed by atoms with Crippen molar-refractivity contribution in [2.24, 2.45) is 0 Å². The number of nitrogens with one attached hydrogen (secondary N) is 1. The van der Waals surface area contributed by atoms with Crippen LogP contribution in [0.4, 0.5) is 13.2 Å². The Balaban J connectivity index is 1.95. The van der Waals surface area contributed by atoms with E-state index in [1.807, 2.05) is 0 Å². The number of nitrogens with zero attached hydrogens (tertiary/aromatic N) is 1. The van der Waals surface area contributed by atoms with Gasteiger partial charge in [0.1, 0.15) is 16.5 Å². The van der Waals surface area contributed by atoms with Gasteiger partial charge in [0, 0.05) is 13.1 Å². The van der Waals surface area contributed by atoms with Gasteiger partial charge >= 0.3 is 12.1 Å². The molecule has 0 spiro atoms. The number of esters is 1. The lowest BCUT2D eigenvalue weighted by molar-refractivity contribution is -0.143. The fourth-order valence-corrected chi connectivity index (χ4v) is 2.17. The smallest absolute Gasteiger partial charge is 0.417 e. The highest BCUT2D eigenvalue weighted by atomic mass is 35.5. The van der Waals surface area contributed by atoms with Gasteiger partial charge in [-0.2, -0.15) is 13.2 Å². The predicted molar refractivity (Wildman–Crippen MR) is 95.6 cm³/mol. The van der Waals surface area contributed by atoms with Gasteiger partial charge in [0.2, 0.25) is 5.88 Å². The van der Waals surface area contributed by atoms with Gasteiger partial charge in [-0.1, -0.05) is 11.6 Å². The van der Waals surface area contributed by atoms with Gasteiger partial charge in [-0.05, 0) is 37.3 Å². The van der Waals surface area contributed by atoms with Crippen LogP contribution in [0.5, 0.6) is 17.4 Å². The molecule has 1 aromatic heterocycles. The number of aromatic nitrogens is 1. The van der Waals surface area contributed by atoms with E-state index in [2.05, 4.69) is 15.0 Å². The zero-order valence-corrected chi connectivity index (χ0v) is 16.0. The second kappa shape index (κ2) is 9.46. The molecule has 0 saturated heterocycles. The summed E-state index contributed by atoms with van der Waals surface area (Å²) >= 11 is 5.79. The molecule has 0 saturated carbocycles. The second-order valence-corrected chi connectivity index (χ2v) is 6.07. The maximum atomic E-state index is 12.6. The van der Waals surface area contributed by atoms with Gasteiger partial charge in [0.05, 0.1) is 5.56 Å². The lowest BCUT2D eigenvalue weighted by Gasteiger charge is -2.15. The number of hydrogen-bond acceptors (Lipinski definition) is 6. The number of amides is 1. The van der Waals surface area contributed by atoms with Crippen molar-refractivity contribution in [2.75, 3.05) is 6.73 Å². The van der Waals surface area contributed by atoms with Crippen molar-refractivity contribution in [3.8, 4) is 17.4 Å². The highest BCUT2D eigenvalue weighted by Gasteiger charge is 2.31. The highest BCUT2D eigenvalue weighted by molar-refractivity contribution is 6.31. The van der Waals surface area contributed by atoms with Crippen LogP contribution in [0.2, 0.25) is 5.02 Å². The highest BCUT2D eigenvalue weighted by Crippen LogP contribution is 2.34. The van der Waals surface area contributed by atoms with Crippen LogP contribution in [-0.4, -0.2) is 29.7 Å². The van der Waals surface area contributed by atoms with Crippen LogP contribution in [0.3, 0.4) is 0 Å². The third-order valence-corrected chi connectivity index (χ3v) is 3.65. The molecular formula is C18H16ClF3N2O5. The molecule has 2 aromatic rings. The van der Waals surface area contributed by atoms with Gasteiger partial charge in [0.25, 0.3) is 5.91 Å². The summed E-state index contributed by atoms with van der Waals surface area (Å²) in [6.45, 7) is 2.44. The van der Waals surface area contributed by atoms with Crippen molar-refractivity contribution in [3.63, 3.8) is 0 Å². The molecule has 2 rings (SSSR count). The Bertz CT molecular complexity index is 875. The Hall–Kier alpha value is -3.01. The molecule has 0 radical (unpaired) electrons. The molecule has 1 unspecified atom stereocenters. The van der Waals surface area contributed by atoms with E-state index in [-0.39, 0.29) is 23.4 Å². The first-order chi connectivity index (χ1) is 13.6. The lowest BCUT2D eigenvalue weighted by Crippen LogP contribution is -2.37. The van der Waals surface area contributed by atoms with E-state index in [1.165, 1.54) is 38.1 Å². The Kier molecular flexibility index (Phi) is 7.27. The minimum atomic E-state index is -4.56. The monoisotopic (exact) mass is 432 g/mol. The van der Waals surface area contributed by atoms with Crippen molar-refractivity contribution < 1.29 is 37.0 Å². The van der Waals surface area contributed by atoms with Crippen molar-refractivity contribution in [2.45, 2.75) is 26.1 Å². The van der Waals surface area contributed by atoms with E-state index in [0.717, 1.165) is 6.07 Å². The fraction of sp³-hybridized carbons (Fsp3) is 0.278. The minimum Gasteiger partial charge on any atom is -0.481 e. The minimum absolute atomic E-state index is 0.188. The first-order valence-electron chi connectivity index (χ1n) is 8.14. The predicted octanol–water partition coefficient (Wildman–Crippen LogP) is 3.95. The fourth-order valence-electron chi connectivity index (χ4n) is 1.96. The average molecular weight is 433 g/mol. The normalized spacial score (nSPS) is 12.1. The molecular weight excluding hydrogens is 417 g/mol. The van der Waals surface area contributed by atoms with Crippen molar-refractivity contribution in [3.05, 3.63) is 47.1 Å². The SMILES string of the molecule is CC(=O)OCNC(=O)C(C)Oc1ccc(Oc2ncc(C(F)(F)F)cc2Cl)cc1. The number of hydrogen-bond donors (Lipinski definition) is 1. The topological polar surface area (TPSA) is 86.8 Å². The van der Waals surface area contributed by atoms with E-state index < -0.39 is 29.7 Å². The van der Waals surface area contributed by atoms with E-state index in [4.69, 9.17) is 21.1 Å². The van der Waals surface area contributed by atoms with Crippen LogP contribution in [0.1, 0.15) is 19.4 Å². The van der Waals surface area contributed by atoms with Crippen LogP contribution in [0, 0.1) is 0 Å².